The van der Waals surface area contributed by atoms with Crippen molar-refractivity contribution < 1.29 is 4.79 Å². The molecule has 17 heavy (non-hydrogen) atoms. The van der Waals surface area contributed by atoms with Crippen LogP contribution in [0.2, 0.25) is 10.0 Å². The number of carbonyl (C=O) groups excluding carboxylic acids is 1. The quantitative estimate of drug-likeness (QED) is 0.910. The van der Waals surface area contributed by atoms with E-state index in [0.717, 1.165) is 0 Å². The van der Waals surface area contributed by atoms with E-state index in [1.165, 1.54) is 6.20 Å². The molecule has 0 aliphatic heterocycles. The van der Waals surface area contributed by atoms with Gasteiger partial charge in [-0.15, -0.1) is 5.10 Å². The molecule has 6 heteroatoms. The SMILES string of the molecule is O=C(Nc1cccc(Cl)c1Cl)c1cccnn1. The number of hydrogen-bond acceptors (Lipinski definition) is 3. The van der Waals surface area contributed by atoms with Gasteiger partial charge >= 0.3 is 0 Å². The van der Waals surface area contributed by atoms with Gasteiger partial charge in [0, 0.05) is 6.20 Å². The third-order valence-corrected chi connectivity index (χ3v) is 2.82. The van der Waals surface area contributed by atoms with E-state index in [4.69, 9.17) is 23.2 Å². The first-order valence-corrected chi connectivity index (χ1v) is 5.47. The number of amides is 1. The van der Waals surface area contributed by atoms with E-state index in [1.54, 1.807) is 30.3 Å². The van der Waals surface area contributed by atoms with Crippen LogP contribution < -0.4 is 5.32 Å². The molecule has 0 atom stereocenters. The Morgan fingerprint density at radius 2 is 2.00 bits per heavy atom. The van der Waals surface area contributed by atoms with E-state index in [1.807, 2.05) is 0 Å². The third kappa shape index (κ3) is 2.72. The molecule has 1 N–H and O–H groups in total. The first-order valence-electron chi connectivity index (χ1n) is 4.71. The highest BCUT2D eigenvalue weighted by atomic mass is 35.5. The van der Waals surface area contributed by atoms with E-state index < -0.39 is 0 Å². The van der Waals surface area contributed by atoms with Crippen LogP contribution in [0.25, 0.3) is 0 Å². The second-order valence-electron chi connectivity index (χ2n) is 3.16. The van der Waals surface area contributed by atoms with Crippen LogP contribution in [0.1, 0.15) is 10.5 Å². The Hall–Kier alpha value is -1.65. The maximum atomic E-state index is 11.8. The molecule has 1 aromatic carbocycles. The Balaban J connectivity index is 2.22. The number of nitrogens with zero attached hydrogens (tertiary/aromatic N) is 2. The van der Waals surface area contributed by atoms with Crippen molar-refractivity contribution in [3.05, 3.63) is 52.3 Å². The second kappa shape index (κ2) is 5.12. The molecular weight excluding hydrogens is 261 g/mol. The molecule has 1 amide bonds. The fraction of sp³-hybridized carbons (Fsp3) is 0. The van der Waals surface area contributed by atoms with Gasteiger partial charge in [0.2, 0.25) is 0 Å². The van der Waals surface area contributed by atoms with Gasteiger partial charge in [-0.1, -0.05) is 29.3 Å². The van der Waals surface area contributed by atoms with E-state index in [9.17, 15) is 4.79 Å². The van der Waals surface area contributed by atoms with Gasteiger partial charge in [-0.05, 0) is 24.3 Å². The Morgan fingerprint density at radius 3 is 2.71 bits per heavy atom. The summed E-state index contributed by atoms with van der Waals surface area (Å²) in [6.45, 7) is 0. The van der Waals surface area contributed by atoms with Crippen LogP contribution in [0.15, 0.2) is 36.5 Å². The van der Waals surface area contributed by atoms with Gasteiger partial charge in [0.25, 0.3) is 5.91 Å². The normalized spacial score (nSPS) is 10.0. The lowest BCUT2D eigenvalue weighted by Gasteiger charge is -2.06. The molecule has 2 aromatic rings. The highest BCUT2D eigenvalue weighted by molar-refractivity contribution is 6.44. The topological polar surface area (TPSA) is 54.9 Å². The van der Waals surface area contributed by atoms with Crippen molar-refractivity contribution in [2.45, 2.75) is 0 Å². The lowest BCUT2D eigenvalue weighted by Crippen LogP contribution is -2.14. The largest absolute Gasteiger partial charge is 0.319 e. The minimum atomic E-state index is -0.387. The Kier molecular flexibility index (Phi) is 3.56. The highest BCUT2D eigenvalue weighted by Gasteiger charge is 2.10. The van der Waals surface area contributed by atoms with Gasteiger partial charge in [-0.25, -0.2) is 0 Å². The van der Waals surface area contributed by atoms with Crippen molar-refractivity contribution in [3.63, 3.8) is 0 Å². The molecule has 0 aliphatic carbocycles. The number of carbonyl (C=O) groups is 1. The summed E-state index contributed by atoms with van der Waals surface area (Å²) in [5, 5.41) is 10.6. The number of hydrogen-bond donors (Lipinski definition) is 1. The van der Waals surface area contributed by atoms with Crippen molar-refractivity contribution in [3.8, 4) is 0 Å². The molecule has 1 aromatic heterocycles. The van der Waals surface area contributed by atoms with E-state index in [2.05, 4.69) is 15.5 Å². The zero-order valence-electron chi connectivity index (χ0n) is 8.52. The molecule has 2 rings (SSSR count). The monoisotopic (exact) mass is 267 g/mol. The molecule has 0 spiro atoms. The fourth-order valence-corrected chi connectivity index (χ4v) is 1.56. The molecule has 1 heterocycles. The summed E-state index contributed by atoms with van der Waals surface area (Å²) in [6, 6.07) is 8.17. The molecule has 4 nitrogen and oxygen atoms in total. The van der Waals surface area contributed by atoms with Crippen molar-refractivity contribution in [2.24, 2.45) is 0 Å². The number of nitrogens with one attached hydrogen (secondary N) is 1. The zero-order chi connectivity index (χ0) is 12.3. The van der Waals surface area contributed by atoms with Crippen LogP contribution in [0, 0.1) is 0 Å². The summed E-state index contributed by atoms with van der Waals surface area (Å²) < 4.78 is 0. The summed E-state index contributed by atoms with van der Waals surface area (Å²) in [5.41, 5.74) is 0.651. The molecule has 0 aliphatic rings. The fourth-order valence-electron chi connectivity index (χ4n) is 1.21. The average Bonchev–Trinajstić information content (AvgIpc) is 2.36. The summed E-state index contributed by atoms with van der Waals surface area (Å²) in [7, 11) is 0. The second-order valence-corrected chi connectivity index (χ2v) is 3.95. The van der Waals surface area contributed by atoms with E-state index >= 15 is 0 Å². The molecule has 86 valence electrons. The first-order chi connectivity index (χ1) is 8.18. The average molecular weight is 268 g/mol. The predicted octanol–water partition coefficient (Wildman–Crippen LogP) is 3.04. The molecule has 0 bridgehead atoms. The summed E-state index contributed by atoms with van der Waals surface area (Å²) in [5.74, 6) is -0.387. The van der Waals surface area contributed by atoms with Crippen molar-refractivity contribution in [1.82, 2.24) is 10.2 Å². The highest BCUT2D eigenvalue weighted by Crippen LogP contribution is 2.29. The van der Waals surface area contributed by atoms with Crippen molar-refractivity contribution >= 4 is 34.8 Å². The summed E-state index contributed by atoms with van der Waals surface area (Å²) in [6.07, 6.45) is 1.49. The Bertz CT molecular complexity index is 546. The number of benzene rings is 1. The number of halogens is 2. The molecule has 0 saturated carbocycles. The molecule has 0 fully saturated rings. The van der Waals surface area contributed by atoms with Gasteiger partial charge in [0.1, 0.15) is 0 Å². The molecule has 0 unspecified atom stereocenters. The van der Waals surface area contributed by atoms with Crippen LogP contribution in [0.3, 0.4) is 0 Å². The maximum Gasteiger partial charge on any atom is 0.276 e. The number of aromatic nitrogens is 2. The molecule has 0 saturated heterocycles. The van der Waals surface area contributed by atoms with Gasteiger partial charge < -0.3 is 5.32 Å². The maximum absolute atomic E-state index is 11.8. The van der Waals surface area contributed by atoms with E-state index in [0.29, 0.717) is 15.7 Å². The summed E-state index contributed by atoms with van der Waals surface area (Å²) >= 11 is 11.8. The Labute approximate surface area is 108 Å². The van der Waals surface area contributed by atoms with Crippen LogP contribution in [-0.2, 0) is 0 Å². The van der Waals surface area contributed by atoms with E-state index in [-0.39, 0.29) is 11.6 Å². The van der Waals surface area contributed by atoms with Crippen molar-refractivity contribution in [1.29, 1.82) is 0 Å². The van der Waals surface area contributed by atoms with Crippen LogP contribution >= 0.6 is 23.2 Å². The molecular formula is C11H7Cl2N3O. The smallest absolute Gasteiger partial charge is 0.276 e. The lowest BCUT2D eigenvalue weighted by atomic mass is 10.3. The van der Waals surface area contributed by atoms with Gasteiger partial charge in [0.15, 0.2) is 5.69 Å². The zero-order valence-corrected chi connectivity index (χ0v) is 10.0. The third-order valence-electron chi connectivity index (χ3n) is 2.00. The van der Waals surface area contributed by atoms with Gasteiger partial charge in [0.05, 0.1) is 15.7 Å². The van der Waals surface area contributed by atoms with Crippen LogP contribution in [0.4, 0.5) is 5.69 Å². The Morgan fingerprint density at radius 1 is 1.18 bits per heavy atom. The standard InChI is InChI=1S/C11H7Cl2N3O/c12-7-3-1-4-8(10(7)13)15-11(17)9-5-2-6-14-16-9/h1-6H,(H,15,17). The minimum absolute atomic E-state index is 0.212. The van der Waals surface area contributed by atoms with Gasteiger partial charge in [-0.2, -0.15) is 5.10 Å². The summed E-state index contributed by atoms with van der Waals surface area (Å²) in [4.78, 5) is 11.8. The first kappa shape index (κ1) is 11.8. The lowest BCUT2D eigenvalue weighted by molar-refractivity contribution is 0.102. The van der Waals surface area contributed by atoms with Crippen LogP contribution in [-0.4, -0.2) is 16.1 Å². The molecule has 0 radical (unpaired) electrons. The number of rotatable bonds is 2. The predicted molar refractivity (Wildman–Crippen MR) is 66.4 cm³/mol. The van der Waals surface area contributed by atoms with Crippen LogP contribution in [0.5, 0.6) is 0 Å². The van der Waals surface area contributed by atoms with Gasteiger partial charge in [-0.3, -0.25) is 4.79 Å². The van der Waals surface area contributed by atoms with Crippen molar-refractivity contribution in [2.75, 3.05) is 5.32 Å². The number of anilines is 1. The minimum Gasteiger partial charge on any atom is -0.319 e.